The average Bonchev–Trinajstić information content (AvgIpc) is 2.57. The molecular weight excluding hydrogens is 302 g/mol. The highest BCUT2D eigenvalue weighted by Crippen LogP contribution is 2.21. The fourth-order valence-electron chi connectivity index (χ4n) is 3.28. The predicted octanol–water partition coefficient (Wildman–Crippen LogP) is 2.48. The lowest BCUT2D eigenvalue weighted by molar-refractivity contribution is 0.0671. The van der Waals surface area contributed by atoms with Crippen LogP contribution in [0.1, 0.15) is 40.2 Å². The zero-order chi connectivity index (χ0) is 17.1. The van der Waals surface area contributed by atoms with Gasteiger partial charge in [0.1, 0.15) is 5.56 Å². The third-order valence-electron chi connectivity index (χ3n) is 4.59. The smallest absolute Gasteiger partial charge is 0.260 e. The van der Waals surface area contributed by atoms with E-state index in [0.29, 0.717) is 12.5 Å². The van der Waals surface area contributed by atoms with E-state index in [1.807, 2.05) is 31.0 Å². The summed E-state index contributed by atoms with van der Waals surface area (Å²) in [7, 11) is 0. The Labute approximate surface area is 141 Å². The van der Waals surface area contributed by atoms with Gasteiger partial charge in [0.15, 0.2) is 0 Å². The van der Waals surface area contributed by atoms with Crippen LogP contribution in [0.5, 0.6) is 0 Å². The molecule has 1 saturated heterocycles. The van der Waals surface area contributed by atoms with Crippen LogP contribution in [0.15, 0.2) is 35.3 Å². The maximum Gasteiger partial charge on any atom is 0.260 e. The molecule has 3 heterocycles. The number of carbonyl (C=O) groups is 1. The first kappa shape index (κ1) is 16.4. The Morgan fingerprint density at radius 2 is 2.12 bits per heavy atom. The van der Waals surface area contributed by atoms with Gasteiger partial charge in [-0.3, -0.25) is 14.6 Å². The van der Waals surface area contributed by atoms with E-state index < -0.39 is 0 Å². The number of likely N-dealkylation sites (tertiary alicyclic amines) is 1. The zero-order valence-corrected chi connectivity index (χ0v) is 14.2. The van der Waals surface area contributed by atoms with Crippen molar-refractivity contribution in [3.8, 4) is 0 Å². The largest absolute Gasteiger partial charge is 0.338 e. The van der Waals surface area contributed by atoms with Gasteiger partial charge in [-0.15, -0.1) is 0 Å². The summed E-state index contributed by atoms with van der Waals surface area (Å²) < 4.78 is 0. The third-order valence-corrected chi connectivity index (χ3v) is 4.59. The van der Waals surface area contributed by atoms with Crippen molar-refractivity contribution >= 4 is 5.91 Å². The number of rotatable bonds is 3. The second-order valence-electron chi connectivity index (χ2n) is 6.66. The van der Waals surface area contributed by atoms with Crippen molar-refractivity contribution < 1.29 is 4.79 Å². The molecule has 0 unspecified atom stereocenters. The number of nitrogens with zero attached hydrogens (tertiary/aromatic N) is 2. The second-order valence-corrected chi connectivity index (χ2v) is 6.66. The summed E-state index contributed by atoms with van der Waals surface area (Å²) in [5.41, 5.74) is 2.91. The maximum absolute atomic E-state index is 12.7. The van der Waals surface area contributed by atoms with E-state index >= 15 is 0 Å². The van der Waals surface area contributed by atoms with E-state index in [1.54, 1.807) is 12.1 Å². The number of hydrogen-bond acceptors (Lipinski definition) is 3. The summed E-state index contributed by atoms with van der Waals surface area (Å²) in [5, 5.41) is 0. The third kappa shape index (κ3) is 3.72. The van der Waals surface area contributed by atoms with Crippen molar-refractivity contribution in [3.63, 3.8) is 0 Å². The number of aromatic nitrogens is 2. The Kier molecular flexibility index (Phi) is 4.79. The van der Waals surface area contributed by atoms with Gasteiger partial charge in [0.05, 0.1) is 0 Å². The van der Waals surface area contributed by atoms with Gasteiger partial charge in [-0.1, -0.05) is 6.07 Å². The van der Waals surface area contributed by atoms with Crippen molar-refractivity contribution in [2.24, 2.45) is 5.92 Å². The van der Waals surface area contributed by atoms with Crippen LogP contribution in [0, 0.1) is 19.8 Å². The molecular formula is C19H23N3O2. The molecule has 0 saturated carbocycles. The molecule has 5 nitrogen and oxygen atoms in total. The topological polar surface area (TPSA) is 66.1 Å². The van der Waals surface area contributed by atoms with Crippen LogP contribution in [0.3, 0.4) is 0 Å². The molecule has 126 valence electrons. The van der Waals surface area contributed by atoms with Crippen LogP contribution in [-0.4, -0.2) is 33.9 Å². The lowest BCUT2D eigenvalue weighted by Crippen LogP contribution is -2.42. The van der Waals surface area contributed by atoms with E-state index in [-0.39, 0.29) is 17.0 Å². The Balaban J connectivity index is 1.69. The van der Waals surface area contributed by atoms with Crippen molar-refractivity contribution in [2.45, 2.75) is 33.1 Å². The van der Waals surface area contributed by atoms with E-state index in [1.165, 1.54) is 5.56 Å². The molecule has 0 bridgehead atoms. The molecule has 0 aromatic carbocycles. The van der Waals surface area contributed by atoms with Crippen LogP contribution in [0.25, 0.3) is 0 Å². The number of amides is 1. The summed E-state index contributed by atoms with van der Waals surface area (Å²) in [4.78, 5) is 33.5. The Hall–Kier alpha value is -2.43. The molecule has 5 heteroatoms. The van der Waals surface area contributed by atoms with Crippen molar-refractivity contribution in [1.29, 1.82) is 0 Å². The standard InChI is InChI=1S/C19H23N3O2/c1-13-5-7-15(11-20-13)10-16-4-3-9-22(12-16)19(24)17-8-6-14(2)21-18(17)23/h5-8,11,16H,3-4,9-10,12H2,1-2H3,(H,21,23)/t16-/m0/s1. The van der Waals surface area contributed by atoms with Gasteiger partial charge < -0.3 is 9.88 Å². The zero-order valence-electron chi connectivity index (χ0n) is 14.2. The molecule has 1 aliphatic heterocycles. The maximum atomic E-state index is 12.7. The van der Waals surface area contributed by atoms with Gasteiger partial charge in [-0.2, -0.15) is 0 Å². The van der Waals surface area contributed by atoms with Gasteiger partial charge in [0.2, 0.25) is 0 Å². The number of piperidine rings is 1. The normalized spacial score (nSPS) is 17.8. The number of carbonyl (C=O) groups excluding carboxylic acids is 1. The molecule has 0 spiro atoms. The van der Waals surface area contributed by atoms with Crippen molar-refractivity contribution in [1.82, 2.24) is 14.9 Å². The molecule has 0 radical (unpaired) electrons. The lowest BCUT2D eigenvalue weighted by atomic mass is 9.91. The minimum absolute atomic E-state index is 0.164. The van der Waals surface area contributed by atoms with Gasteiger partial charge in [0.25, 0.3) is 11.5 Å². The van der Waals surface area contributed by atoms with Crippen LogP contribution in [-0.2, 0) is 6.42 Å². The van der Waals surface area contributed by atoms with Gasteiger partial charge in [-0.05, 0) is 62.8 Å². The van der Waals surface area contributed by atoms with E-state index in [0.717, 1.165) is 37.2 Å². The molecule has 0 aliphatic carbocycles. The Bertz CT molecular complexity index is 780. The van der Waals surface area contributed by atoms with Gasteiger partial charge in [-0.25, -0.2) is 0 Å². The number of aromatic amines is 1. The first-order valence-electron chi connectivity index (χ1n) is 8.43. The van der Waals surface area contributed by atoms with E-state index in [4.69, 9.17) is 0 Å². The summed E-state index contributed by atoms with van der Waals surface area (Å²) >= 11 is 0. The van der Waals surface area contributed by atoms with E-state index in [9.17, 15) is 9.59 Å². The second kappa shape index (κ2) is 6.99. The number of H-pyrrole nitrogens is 1. The summed E-state index contributed by atoms with van der Waals surface area (Å²) in [6.07, 6.45) is 4.91. The van der Waals surface area contributed by atoms with Gasteiger partial charge >= 0.3 is 0 Å². The number of nitrogens with one attached hydrogen (secondary N) is 1. The molecule has 2 aromatic rings. The number of pyridine rings is 2. The molecule has 1 amide bonds. The highest BCUT2D eigenvalue weighted by Gasteiger charge is 2.26. The lowest BCUT2D eigenvalue weighted by Gasteiger charge is -2.32. The molecule has 1 fully saturated rings. The average molecular weight is 325 g/mol. The number of aryl methyl sites for hydroxylation is 2. The molecule has 3 rings (SSSR count). The van der Waals surface area contributed by atoms with Crippen molar-refractivity contribution in [3.05, 3.63) is 63.3 Å². The molecule has 2 aromatic heterocycles. The van der Waals surface area contributed by atoms with Crippen LogP contribution >= 0.6 is 0 Å². The molecule has 1 atom stereocenters. The summed E-state index contributed by atoms with van der Waals surface area (Å²) in [6.45, 7) is 5.20. The van der Waals surface area contributed by atoms with Crippen LogP contribution < -0.4 is 5.56 Å². The quantitative estimate of drug-likeness (QED) is 0.943. The predicted molar refractivity (Wildman–Crippen MR) is 93.1 cm³/mol. The first-order valence-corrected chi connectivity index (χ1v) is 8.43. The Morgan fingerprint density at radius 3 is 2.83 bits per heavy atom. The number of hydrogen-bond donors (Lipinski definition) is 1. The van der Waals surface area contributed by atoms with Crippen LogP contribution in [0.4, 0.5) is 0 Å². The summed E-state index contributed by atoms with van der Waals surface area (Å²) in [5.74, 6) is 0.250. The monoisotopic (exact) mass is 325 g/mol. The van der Waals surface area contributed by atoms with Crippen LogP contribution in [0.2, 0.25) is 0 Å². The molecule has 1 aliphatic rings. The highest BCUT2D eigenvalue weighted by atomic mass is 16.2. The van der Waals surface area contributed by atoms with E-state index in [2.05, 4.69) is 16.0 Å². The fourth-order valence-corrected chi connectivity index (χ4v) is 3.28. The summed E-state index contributed by atoms with van der Waals surface area (Å²) in [6, 6.07) is 7.53. The minimum atomic E-state index is -0.301. The SMILES string of the molecule is Cc1ccc(C[C@@H]2CCCN(C(=O)c3ccc(C)[nH]c3=O)C2)cn1. The Morgan fingerprint density at radius 1 is 1.29 bits per heavy atom. The molecule has 1 N–H and O–H groups in total. The fraction of sp³-hybridized carbons (Fsp3) is 0.421. The van der Waals surface area contributed by atoms with Gasteiger partial charge in [0, 0.05) is 30.7 Å². The minimum Gasteiger partial charge on any atom is -0.338 e. The molecule has 24 heavy (non-hydrogen) atoms. The van der Waals surface area contributed by atoms with Crippen molar-refractivity contribution in [2.75, 3.05) is 13.1 Å². The first-order chi connectivity index (χ1) is 11.5. The highest BCUT2D eigenvalue weighted by molar-refractivity contribution is 5.93.